The Labute approximate surface area is 132 Å². The largest absolute Gasteiger partial charge is 0.460 e. The molecule has 1 nitrogen and oxygen atoms in total. The third-order valence-electron chi connectivity index (χ3n) is 3.53. The highest BCUT2D eigenvalue weighted by atomic mass is 28.3. The van der Waals surface area contributed by atoms with Gasteiger partial charge in [0.25, 0.3) is 0 Å². The number of allylic oxidation sites excluding steroid dienone is 2. The van der Waals surface area contributed by atoms with Crippen molar-refractivity contribution in [2.45, 2.75) is 12.8 Å². The maximum absolute atomic E-state index is 5.90. The Morgan fingerprint density at radius 1 is 0.810 bits per heavy atom. The Bertz CT molecular complexity index is 540. The molecule has 0 radical (unpaired) electrons. The Hall–Kier alpha value is -1.69. The lowest BCUT2D eigenvalue weighted by atomic mass is 10.1. The molecular formula is C18H22OSi2. The van der Waals surface area contributed by atoms with Gasteiger partial charge in [0.15, 0.2) is 0 Å². The average molecular weight is 311 g/mol. The van der Waals surface area contributed by atoms with Crippen LogP contribution in [0, 0.1) is 0 Å². The lowest BCUT2D eigenvalue weighted by Gasteiger charge is -2.19. The minimum Gasteiger partial charge on any atom is -0.460 e. The number of hydrogen-bond donors (Lipinski definition) is 0. The first-order valence-corrected chi connectivity index (χ1v) is 9.61. The van der Waals surface area contributed by atoms with Crippen LogP contribution in [0.15, 0.2) is 84.2 Å². The molecule has 0 N–H and O–H groups in total. The van der Waals surface area contributed by atoms with Crippen molar-refractivity contribution >= 4 is 19.5 Å². The van der Waals surface area contributed by atoms with Gasteiger partial charge >= 0.3 is 0 Å². The summed E-state index contributed by atoms with van der Waals surface area (Å²) in [5, 5.41) is 2.44. The number of benzene rings is 2. The van der Waals surface area contributed by atoms with Crippen LogP contribution >= 0.6 is 0 Å². The van der Waals surface area contributed by atoms with Crippen molar-refractivity contribution in [1.82, 2.24) is 0 Å². The van der Waals surface area contributed by atoms with Crippen LogP contribution in [0.4, 0.5) is 0 Å². The molecule has 2 aromatic carbocycles. The van der Waals surface area contributed by atoms with Gasteiger partial charge in [-0.05, 0) is 24.0 Å². The molecule has 0 amide bonds. The number of rotatable bonds is 7. The summed E-state index contributed by atoms with van der Waals surface area (Å²) in [6.45, 7) is 8.56. The Morgan fingerprint density at radius 2 is 1.19 bits per heavy atom. The standard InChI is InChI=1S/C18H22OSi2/c1-15(13-17-9-5-3-6-10-17)21(19-20)16(2)14-18-11-7-4-8-12-18/h3-12,21H,1-2,13-14H2,20H3. The second-order valence-corrected chi connectivity index (χ2v) is 9.54. The van der Waals surface area contributed by atoms with E-state index in [4.69, 9.17) is 4.12 Å². The van der Waals surface area contributed by atoms with Crippen molar-refractivity contribution in [3.63, 3.8) is 0 Å². The average Bonchev–Trinajstić information content (AvgIpc) is 2.50. The summed E-state index contributed by atoms with van der Waals surface area (Å²) < 4.78 is 5.90. The van der Waals surface area contributed by atoms with Crippen molar-refractivity contribution in [2.75, 3.05) is 0 Å². The van der Waals surface area contributed by atoms with Gasteiger partial charge in [-0.25, -0.2) is 0 Å². The minimum absolute atomic E-state index is 0.742. The predicted molar refractivity (Wildman–Crippen MR) is 96.7 cm³/mol. The summed E-state index contributed by atoms with van der Waals surface area (Å²) in [5.41, 5.74) is 2.59. The molecule has 0 aliphatic heterocycles. The smallest absolute Gasteiger partial charge is 0.219 e. The summed E-state index contributed by atoms with van der Waals surface area (Å²) in [6.07, 6.45) is 1.79. The van der Waals surface area contributed by atoms with Crippen LogP contribution in [0.3, 0.4) is 0 Å². The Kier molecular flexibility index (Phi) is 5.93. The van der Waals surface area contributed by atoms with E-state index in [1.54, 1.807) is 0 Å². The SMILES string of the molecule is C=C(Cc1ccccc1)[SiH](O[SiH3])C(=C)Cc1ccccc1. The molecule has 0 bridgehead atoms. The van der Waals surface area contributed by atoms with Gasteiger partial charge in [-0.2, -0.15) is 0 Å². The van der Waals surface area contributed by atoms with E-state index in [1.807, 2.05) is 12.1 Å². The van der Waals surface area contributed by atoms with E-state index in [-0.39, 0.29) is 0 Å². The molecule has 2 rings (SSSR count). The fraction of sp³-hybridized carbons (Fsp3) is 0.111. The first-order chi connectivity index (χ1) is 10.2. The molecule has 0 aromatic heterocycles. The van der Waals surface area contributed by atoms with E-state index in [2.05, 4.69) is 61.7 Å². The summed E-state index contributed by atoms with van der Waals surface area (Å²) in [4.78, 5) is 0. The van der Waals surface area contributed by atoms with E-state index in [0.29, 0.717) is 0 Å². The van der Waals surface area contributed by atoms with Gasteiger partial charge in [-0.1, -0.05) is 71.1 Å². The molecule has 0 saturated carbocycles. The third kappa shape index (κ3) is 4.67. The van der Waals surface area contributed by atoms with Crippen LogP contribution in [-0.4, -0.2) is 19.5 Å². The molecule has 0 saturated heterocycles. The van der Waals surface area contributed by atoms with Gasteiger partial charge in [0.1, 0.15) is 10.5 Å². The van der Waals surface area contributed by atoms with Gasteiger partial charge in [-0.3, -0.25) is 0 Å². The first kappa shape index (κ1) is 15.7. The van der Waals surface area contributed by atoms with Crippen molar-refractivity contribution in [3.8, 4) is 0 Å². The second-order valence-electron chi connectivity index (χ2n) is 5.26. The van der Waals surface area contributed by atoms with Gasteiger partial charge < -0.3 is 4.12 Å². The Balaban J connectivity index is 2.01. The molecule has 3 heteroatoms. The van der Waals surface area contributed by atoms with Crippen molar-refractivity contribution in [1.29, 1.82) is 0 Å². The van der Waals surface area contributed by atoms with E-state index in [0.717, 1.165) is 23.3 Å². The second kappa shape index (κ2) is 7.93. The molecule has 0 atom stereocenters. The van der Waals surface area contributed by atoms with Crippen LogP contribution in [0.1, 0.15) is 11.1 Å². The lowest BCUT2D eigenvalue weighted by molar-refractivity contribution is 0.646. The van der Waals surface area contributed by atoms with Gasteiger partial charge in [0.05, 0.1) is 0 Å². The van der Waals surface area contributed by atoms with E-state index in [1.165, 1.54) is 21.5 Å². The van der Waals surface area contributed by atoms with Crippen LogP contribution < -0.4 is 0 Å². The third-order valence-corrected chi connectivity index (χ3v) is 7.30. The normalized spacial score (nSPS) is 10.7. The molecule has 0 aliphatic rings. The van der Waals surface area contributed by atoms with Crippen molar-refractivity contribution in [2.24, 2.45) is 0 Å². The molecule has 108 valence electrons. The fourth-order valence-electron chi connectivity index (χ4n) is 2.52. The first-order valence-electron chi connectivity index (χ1n) is 7.16. The fourth-order valence-corrected chi connectivity index (χ4v) is 6.61. The van der Waals surface area contributed by atoms with E-state index in [9.17, 15) is 0 Å². The van der Waals surface area contributed by atoms with E-state index >= 15 is 0 Å². The highest BCUT2D eigenvalue weighted by Gasteiger charge is 2.18. The zero-order valence-electron chi connectivity index (χ0n) is 12.6. The molecular weight excluding hydrogens is 288 g/mol. The van der Waals surface area contributed by atoms with Crippen molar-refractivity contribution in [3.05, 3.63) is 95.3 Å². The van der Waals surface area contributed by atoms with Crippen LogP contribution in [0.25, 0.3) is 0 Å². The molecule has 0 fully saturated rings. The van der Waals surface area contributed by atoms with Gasteiger partial charge in [0, 0.05) is 0 Å². The van der Waals surface area contributed by atoms with Crippen molar-refractivity contribution < 1.29 is 4.12 Å². The maximum atomic E-state index is 5.90. The minimum atomic E-state index is -1.57. The highest BCUT2D eigenvalue weighted by molar-refractivity contribution is 6.70. The van der Waals surface area contributed by atoms with E-state index < -0.39 is 9.04 Å². The summed E-state index contributed by atoms with van der Waals surface area (Å²) in [7, 11) is -0.826. The summed E-state index contributed by atoms with van der Waals surface area (Å²) >= 11 is 0. The van der Waals surface area contributed by atoms with Gasteiger partial charge in [-0.15, -0.1) is 13.2 Å². The van der Waals surface area contributed by atoms with Crippen LogP contribution in [0.2, 0.25) is 0 Å². The quantitative estimate of drug-likeness (QED) is 0.715. The zero-order chi connectivity index (χ0) is 15.1. The van der Waals surface area contributed by atoms with Crippen LogP contribution in [0.5, 0.6) is 0 Å². The van der Waals surface area contributed by atoms with Gasteiger partial charge in [0.2, 0.25) is 9.04 Å². The molecule has 0 aliphatic carbocycles. The zero-order valence-corrected chi connectivity index (χ0v) is 15.7. The molecule has 0 heterocycles. The maximum Gasteiger partial charge on any atom is 0.219 e. The summed E-state index contributed by atoms with van der Waals surface area (Å²) in [6, 6.07) is 20.9. The predicted octanol–water partition coefficient (Wildman–Crippen LogP) is 2.68. The molecule has 0 spiro atoms. The Morgan fingerprint density at radius 3 is 1.52 bits per heavy atom. The highest BCUT2D eigenvalue weighted by Crippen LogP contribution is 2.17. The molecule has 2 aromatic rings. The lowest BCUT2D eigenvalue weighted by Crippen LogP contribution is -2.25. The topological polar surface area (TPSA) is 9.23 Å². The summed E-state index contributed by atoms with van der Waals surface area (Å²) in [5.74, 6) is 0. The van der Waals surface area contributed by atoms with Crippen LogP contribution in [-0.2, 0) is 17.0 Å². The molecule has 0 unspecified atom stereocenters. The monoisotopic (exact) mass is 310 g/mol. The number of hydrogen-bond acceptors (Lipinski definition) is 1. The molecule has 21 heavy (non-hydrogen) atoms.